The number of nitrogens with zero attached hydrogens (tertiary/aromatic N) is 4. The molecule has 1 spiro atoms. The van der Waals surface area contributed by atoms with Crippen LogP contribution in [0.2, 0.25) is 0 Å². The summed E-state index contributed by atoms with van der Waals surface area (Å²) < 4.78 is 4.00. The summed E-state index contributed by atoms with van der Waals surface area (Å²) in [7, 11) is 0. The number of carbonyl (C=O) groups excluding carboxylic acids is 3. The summed E-state index contributed by atoms with van der Waals surface area (Å²) in [4.78, 5) is 50.8. The molecule has 5 aliphatic heterocycles. The average molecular weight is 561 g/mol. The Hall–Kier alpha value is -1.88. The van der Waals surface area contributed by atoms with Gasteiger partial charge in [-0.1, -0.05) is 45.1 Å². The van der Waals surface area contributed by atoms with Crippen LogP contribution in [0.1, 0.15) is 34.1 Å². The molecule has 216 valence electrons. The van der Waals surface area contributed by atoms with Gasteiger partial charge < -0.3 is 24.5 Å². The van der Waals surface area contributed by atoms with Crippen LogP contribution in [-0.4, -0.2) is 130 Å². The third-order valence-electron chi connectivity index (χ3n) is 9.26. The Kier molecular flexibility index (Phi) is 8.21. The molecule has 10 heteroatoms. The number of aliphatic hydroxyl groups excluding tert-OH is 1. The zero-order valence-corrected chi connectivity index (χ0v) is 24.6. The molecule has 5 heterocycles. The van der Waals surface area contributed by atoms with E-state index in [9.17, 15) is 19.5 Å². The lowest BCUT2D eigenvalue weighted by Gasteiger charge is -2.41. The Bertz CT molecular complexity index is 1030. The Morgan fingerprint density at radius 1 is 0.974 bits per heavy atom. The van der Waals surface area contributed by atoms with Crippen LogP contribution < -0.4 is 0 Å². The van der Waals surface area contributed by atoms with Gasteiger partial charge in [0.15, 0.2) is 0 Å². The number of morpholine rings is 1. The molecule has 5 aliphatic rings. The molecule has 6 atom stereocenters. The predicted molar refractivity (Wildman–Crippen MR) is 151 cm³/mol. The van der Waals surface area contributed by atoms with Crippen LogP contribution in [0.25, 0.3) is 0 Å². The molecular weight excluding hydrogens is 516 g/mol. The fourth-order valence-corrected chi connectivity index (χ4v) is 9.44. The number of hydrogen-bond acceptors (Lipinski definition) is 7. The average Bonchev–Trinajstić information content (AvgIpc) is 3.18. The number of amides is 3. The van der Waals surface area contributed by atoms with E-state index in [2.05, 4.69) is 37.0 Å². The van der Waals surface area contributed by atoms with Gasteiger partial charge in [0.05, 0.1) is 42.4 Å². The van der Waals surface area contributed by atoms with Crippen LogP contribution in [0.15, 0.2) is 24.3 Å². The van der Waals surface area contributed by atoms with E-state index in [1.54, 1.807) is 16.7 Å². The minimum Gasteiger partial charge on any atom is -0.394 e. The molecule has 1 N–H and O–H groups in total. The molecule has 0 radical (unpaired) electrons. The number of ether oxygens (including phenoxy) is 1. The zero-order chi connectivity index (χ0) is 27.9. The summed E-state index contributed by atoms with van der Waals surface area (Å²) in [5, 5.41) is 10.5. The largest absolute Gasteiger partial charge is 0.394 e. The van der Waals surface area contributed by atoms with Crippen LogP contribution in [0.4, 0.5) is 0 Å². The number of likely N-dealkylation sites (tertiary alicyclic amines) is 1. The van der Waals surface area contributed by atoms with E-state index in [1.165, 1.54) is 0 Å². The number of thioether (sulfide) groups is 1. The maximum atomic E-state index is 14.5. The Balaban J connectivity index is 1.55. The molecule has 5 rings (SSSR count). The van der Waals surface area contributed by atoms with E-state index in [0.717, 1.165) is 26.1 Å². The standard InChI is InChI=1S/C29H44N4O5S/c1-5-10-31-11-6-8-28(4)22(25(31)35)23-26(36)33(21(19-34)20(2)3)24-27(37)32(12-7-9-29(23,24)39-28)14-13-30-15-17-38-18-16-30/h6-9,20-24,34H,5,10-19H2,1-4H3/t21-,22-,23-,24?,28+,29-/m0/s1. The fraction of sp³-hybridized carbons (Fsp3) is 0.759. The molecule has 0 aliphatic carbocycles. The van der Waals surface area contributed by atoms with E-state index >= 15 is 0 Å². The first-order valence-corrected chi connectivity index (χ1v) is 15.4. The van der Waals surface area contributed by atoms with Crippen LogP contribution in [-0.2, 0) is 19.1 Å². The van der Waals surface area contributed by atoms with E-state index in [0.29, 0.717) is 39.4 Å². The Morgan fingerprint density at radius 3 is 2.28 bits per heavy atom. The predicted octanol–water partition coefficient (Wildman–Crippen LogP) is 1.23. The van der Waals surface area contributed by atoms with Crippen molar-refractivity contribution in [1.29, 1.82) is 0 Å². The van der Waals surface area contributed by atoms with E-state index < -0.39 is 33.4 Å². The highest BCUT2D eigenvalue weighted by Crippen LogP contribution is 2.66. The Morgan fingerprint density at radius 2 is 1.64 bits per heavy atom. The van der Waals surface area contributed by atoms with Gasteiger partial charge in [-0.2, -0.15) is 0 Å². The molecule has 39 heavy (non-hydrogen) atoms. The van der Waals surface area contributed by atoms with E-state index in [1.807, 2.05) is 29.7 Å². The highest BCUT2D eigenvalue weighted by Gasteiger charge is 2.74. The lowest BCUT2D eigenvalue weighted by Crippen LogP contribution is -2.58. The van der Waals surface area contributed by atoms with E-state index in [4.69, 9.17) is 4.74 Å². The van der Waals surface area contributed by atoms with Gasteiger partial charge in [0, 0.05) is 50.6 Å². The van der Waals surface area contributed by atoms with Crippen molar-refractivity contribution in [2.45, 2.75) is 55.7 Å². The first-order chi connectivity index (χ1) is 18.7. The van der Waals surface area contributed by atoms with Gasteiger partial charge >= 0.3 is 0 Å². The highest BCUT2D eigenvalue weighted by molar-refractivity contribution is 8.02. The van der Waals surface area contributed by atoms with Crippen molar-refractivity contribution in [3.05, 3.63) is 24.3 Å². The first kappa shape index (κ1) is 28.6. The second kappa shape index (κ2) is 11.2. The summed E-state index contributed by atoms with van der Waals surface area (Å²) >= 11 is 1.61. The van der Waals surface area contributed by atoms with Crippen molar-refractivity contribution in [2.24, 2.45) is 17.8 Å². The summed E-state index contributed by atoms with van der Waals surface area (Å²) in [6, 6.07) is -1.27. The molecule has 3 fully saturated rings. The maximum absolute atomic E-state index is 14.5. The molecule has 0 aromatic rings. The molecular formula is C29H44N4O5S. The number of carbonyl (C=O) groups is 3. The topological polar surface area (TPSA) is 93.6 Å². The molecule has 1 unspecified atom stereocenters. The normalized spacial score (nSPS) is 35.8. The smallest absolute Gasteiger partial charge is 0.247 e. The van der Waals surface area contributed by atoms with Crippen molar-refractivity contribution >= 4 is 29.5 Å². The van der Waals surface area contributed by atoms with Gasteiger partial charge in [-0.3, -0.25) is 19.3 Å². The second-order valence-electron chi connectivity index (χ2n) is 12.1. The fourth-order valence-electron chi connectivity index (χ4n) is 7.29. The Labute approximate surface area is 236 Å². The summed E-state index contributed by atoms with van der Waals surface area (Å²) in [6.07, 6.45) is 9.09. The molecule has 0 aromatic carbocycles. The van der Waals surface area contributed by atoms with Crippen molar-refractivity contribution in [3.8, 4) is 0 Å². The first-order valence-electron chi connectivity index (χ1n) is 14.5. The van der Waals surface area contributed by atoms with Crippen molar-refractivity contribution < 1.29 is 24.2 Å². The van der Waals surface area contributed by atoms with Crippen LogP contribution in [0.3, 0.4) is 0 Å². The SMILES string of the molecule is CCCN1CC=C[C@@]2(C)S[C@]34C=CCN(CCN5CCOCC5)C(=O)C3N([C@@H](CO)C(C)C)C(=O)[C@@H]4[C@H]2C1=O. The van der Waals surface area contributed by atoms with Crippen molar-refractivity contribution in [1.82, 2.24) is 19.6 Å². The third kappa shape index (κ3) is 4.75. The number of fused-ring (bicyclic) bond motifs is 2. The highest BCUT2D eigenvalue weighted by atomic mass is 32.2. The van der Waals surface area contributed by atoms with Crippen LogP contribution in [0.5, 0.6) is 0 Å². The van der Waals surface area contributed by atoms with Gasteiger partial charge in [-0.25, -0.2) is 0 Å². The zero-order valence-electron chi connectivity index (χ0n) is 23.8. The minimum absolute atomic E-state index is 0.00737. The second-order valence-corrected chi connectivity index (χ2v) is 13.9. The van der Waals surface area contributed by atoms with Gasteiger partial charge in [0.1, 0.15) is 6.04 Å². The monoisotopic (exact) mass is 560 g/mol. The van der Waals surface area contributed by atoms with Crippen molar-refractivity contribution in [3.63, 3.8) is 0 Å². The van der Waals surface area contributed by atoms with Gasteiger partial charge in [0.2, 0.25) is 17.7 Å². The molecule has 0 saturated carbocycles. The maximum Gasteiger partial charge on any atom is 0.247 e. The summed E-state index contributed by atoms with van der Waals surface area (Å²) in [5.41, 5.74) is 0. The lowest BCUT2D eigenvalue weighted by atomic mass is 9.74. The number of rotatable bonds is 8. The van der Waals surface area contributed by atoms with Gasteiger partial charge in [-0.15, -0.1) is 11.8 Å². The van der Waals surface area contributed by atoms with Gasteiger partial charge in [0.25, 0.3) is 0 Å². The molecule has 0 aromatic heterocycles. The molecule has 0 bridgehead atoms. The number of hydrogen-bond donors (Lipinski definition) is 1. The minimum atomic E-state index is -0.876. The van der Waals surface area contributed by atoms with Crippen LogP contribution >= 0.6 is 11.8 Å². The van der Waals surface area contributed by atoms with Gasteiger partial charge in [-0.05, 0) is 19.3 Å². The quantitative estimate of drug-likeness (QED) is 0.447. The molecule has 9 nitrogen and oxygen atoms in total. The van der Waals surface area contributed by atoms with E-state index in [-0.39, 0.29) is 30.2 Å². The molecule has 3 saturated heterocycles. The van der Waals surface area contributed by atoms with Crippen molar-refractivity contribution in [2.75, 3.05) is 65.6 Å². The number of aliphatic hydroxyl groups is 1. The lowest BCUT2D eigenvalue weighted by molar-refractivity contribution is -0.148. The summed E-state index contributed by atoms with van der Waals surface area (Å²) in [6.45, 7) is 13.9. The summed E-state index contributed by atoms with van der Waals surface area (Å²) in [5.74, 6) is -1.56. The van der Waals surface area contributed by atoms with Crippen LogP contribution in [0, 0.1) is 17.8 Å². The molecule has 3 amide bonds. The third-order valence-corrected chi connectivity index (χ3v) is 11.1.